The van der Waals surface area contributed by atoms with Crippen molar-refractivity contribution in [3.8, 4) is 0 Å². The van der Waals surface area contributed by atoms with Crippen molar-refractivity contribution in [2.24, 2.45) is 0 Å². The Morgan fingerprint density at radius 1 is 1.31 bits per heavy atom. The maximum atomic E-state index is 6.23. The fourth-order valence-electron chi connectivity index (χ4n) is 2.13. The van der Waals surface area contributed by atoms with Gasteiger partial charge in [-0.25, -0.2) is 0 Å². The first-order valence-corrected chi connectivity index (χ1v) is 6.38. The molecule has 0 aliphatic carbocycles. The van der Waals surface area contributed by atoms with Crippen LogP contribution in [0.3, 0.4) is 0 Å². The minimum absolute atomic E-state index is 0.602. The normalized spacial score (nSPS) is 22.6. The molecule has 1 unspecified atom stereocenters. The summed E-state index contributed by atoms with van der Waals surface area (Å²) in [6.45, 7) is 5.51. The van der Waals surface area contributed by atoms with Crippen LogP contribution in [0.5, 0.6) is 0 Å². The molecular weight excluding hydrogens is 220 g/mol. The summed E-state index contributed by atoms with van der Waals surface area (Å²) < 4.78 is 0. The smallest absolute Gasteiger partial charge is 0.0639 e. The predicted octanol–water partition coefficient (Wildman–Crippen LogP) is 2.92. The number of anilines is 1. The minimum atomic E-state index is 0.602. The Kier molecular flexibility index (Phi) is 4.08. The first kappa shape index (κ1) is 11.7. The molecule has 1 aliphatic rings. The summed E-state index contributed by atoms with van der Waals surface area (Å²) in [6.07, 6.45) is 2.35. The lowest BCUT2D eigenvalue weighted by molar-refractivity contribution is 0.475. The van der Waals surface area contributed by atoms with Crippen LogP contribution in [0.15, 0.2) is 24.3 Å². The van der Waals surface area contributed by atoms with Crippen molar-refractivity contribution in [3.63, 3.8) is 0 Å². The molecule has 1 aliphatic heterocycles. The van der Waals surface area contributed by atoms with Gasteiger partial charge < -0.3 is 10.2 Å². The summed E-state index contributed by atoms with van der Waals surface area (Å²) in [7, 11) is 0. The summed E-state index contributed by atoms with van der Waals surface area (Å²) >= 11 is 6.23. The van der Waals surface area contributed by atoms with Crippen molar-refractivity contribution >= 4 is 17.3 Å². The summed E-state index contributed by atoms with van der Waals surface area (Å²) in [5, 5.41) is 4.38. The van der Waals surface area contributed by atoms with Gasteiger partial charge in [-0.15, -0.1) is 0 Å². The molecule has 16 heavy (non-hydrogen) atoms. The number of halogens is 1. The van der Waals surface area contributed by atoms with Crippen LogP contribution in [-0.2, 0) is 0 Å². The first-order valence-electron chi connectivity index (χ1n) is 6.00. The van der Waals surface area contributed by atoms with E-state index in [9.17, 15) is 0 Å². The molecule has 88 valence electrons. The molecule has 1 heterocycles. The highest BCUT2D eigenvalue weighted by molar-refractivity contribution is 6.33. The summed E-state index contributed by atoms with van der Waals surface area (Å²) in [6, 6.07) is 8.73. The average Bonchev–Trinajstić information content (AvgIpc) is 2.26. The monoisotopic (exact) mass is 238 g/mol. The zero-order chi connectivity index (χ0) is 11.4. The van der Waals surface area contributed by atoms with Crippen molar-refractivity contribution in [2.75, 3.05) is 24.5 Å². The zero-order valence-electron chi connectivity index (χ0n) is 9.75. The number of hydrogen-bond donors (Lipinski definition) is 1. The Hall–Kier alpha value is -0.730. The van der Waals surface area contributed by atoms with Crippen LogP contribution in [0.25, 0.3) is 0 Å². The third-order valence-electron chi connectivity index (χ3n) is 3.12. The second kappa shape index (κ2) is 5.55. The van der Waals surface area contributed by atoms with Crippen LogP contribution in [0.1, 0.15) is 19.8 Å². The van der Waals surface area contributed by atoms with E-state index in [4.69, 9.17) is 11.6 Å². The minimum Gasteiger partial charge on any atom is -0.370 e. The van der Waals surface area contributed by atoms with E-state index in [-0.39, 0.29) is 0 Å². The largest absolute Gasteiger partial charge is 0.370 e. The Bertz CT molecular complexity index is 340. The maximum Gasteiger partial charge on any atom is 0.0639 e. The standard InChI is InChI=1S/C13H19ClN2/c1-11-7-10-16(9-4-8-15-11)13-6-3-2-5-12(13)14/h2-3,5-6,11,15H,4,7-10H2,1H3. The van der Waals surface area contributed by atoms with Gasteiger partial charge in [0.25, 0.3) is 0 Å². The van der Waals surface area contributed by atoms with E-state index in [1.807, 2.05) is 12.1 Å². The lowest BCUT2D eigenvalue weighted by atomic mass is 10.1. The molecule has 2 rings (SSSR count). The predicted molar refractivity (Wildman–Crippen MR) is 70.4 cm³/mol. The molecule has 3 heteroatoms. The van der Waals surface area contributed by atoms with Gasteiger partial charge in [-0.1, -0.05) is 23.7 Å². The summed E-state index contributed by atoms with van der Waals surface area (Å²) in [4.78, 5) is 2.40. The molecule has 2 nitrogen and oxygen atoms in total. The Labute approximate surface area is 103 Å². The quantitative estimate of drug-likeness (QED) is 0.810. The average molecular weight is 239 g/mol. The van der Waals surface area contributed by atoms with Crippen molar-refractivity contribution in [3.05, 3.63) is 29.3 Å². The number of hydrogen-bond acceptors (Lipinski definition) is 2. The van der Waals surface area contributed by atoms with Crippen molar-refractivity contribution < 1.29 is 0 Å². The highest BCUT2D eigenvalue weighted by atomic mass is 35.5. The van der Waals surface area contributed by atoms with E-state index in [0.717, 1.165) is 24.7 Å². The van der Waals surface area contributed by atoms with Gasteiger partial charge in [0.2, 0.25) is 0 Å². The number of nitrogens with one attached hydrogen (secondary N) is 1. The second-order valence-corrected chi connectivity index (χ2v) is 4.84. The molecule has 1 atom stereocenters. The Morgan fingerprint density at radius 2 is 2.12 bits per heavy atom. The molecule has 1 saturated heterocycles. The van der Waals surface area contributed by atoms with Crippen molar-refractivity contribution in [1.82, 2.24) is 5.32 Å². The molecule has 1 N–H and O–H groups in total. The zero-order valence-corrected chi connectivity index (χ0v) is 10.5. The molecular formula is C13H19ClN2. The fraction of sp³-hybridized carbons (Fsp3) is 0.538. The molecule has 0 saturated carbocycles. The van der Waals surface area contributed by atoms with Crippen LogP contribution < -0.4 is 10.2 Å². The second-order valence-electron chi connectivity index (χ2n) is 4.44. The van der Waals surface area contributed by atoms with Gasteiger partial charge in [-0.05, 0) is 38.4 Å². The Balaban J connectivity index is 2.10. The van der Waals surface area contributed by atoms with E-state index in [0.29, 0.717) is 6.04 Å². The van der Waals surface area contributed by atoms with E-state index >= 15 is 0 Å². The molecule has 0 bridgehead atoms. The van der Waals surface area contributed by atoms with Crippen molar-refractivity contribution in [2.45, 2.75) is 25.8 Å². The highest BCUT2D eigenvalue weighted by Gasteiger charge is 2.13. The van der Waals surface area contributed by atoms with Crippen molar-refractivity contribution in [1.29, 1.82) is 0 Å². The summed E-state index contributed by atoms with van der Waals surface area (Å²) in [5.74, 6) is 0. The Morgan fingerprint density at radius 3 is 2.94 bits per heavy atom. The topological polar surface area (TPSA) is 15.3 Å². The van der Waals surface area contributed by atoms with E-state index < -0.39 is 0 Å². The van der Waals surface area contributed by atoms with Crippen LogP contribution in [-0.4, -0.2) is 25.7 Å². The molecule has 0 aromatic heterocycles. The molecule has 1 fully saturated rings. The van der Waals surface area contributed by atoms with Gasteiger partial charge in [0.05, 0.1) is 10.7 Å². The first-order chi connectivity index (χ1) is 7.77. The van der Waals surface area contributed by atoms with Gasteiger partial charge in [0.15, 0.2) is 0 Å². The number of rotatable bonds is 1. The molecule has 0 spiro atoms. The molecule has 1 aromatic rings. The number of benzene rings is 1. The number of para-hydroxylation sites is 1. The summed E-state index contributed by atoms with van der Waals surface area (Å²) in [5.41, 5.74) is 1.18. The maximum absolute atomic E-state index is 6.23. The lowest BCUT2D eigenvalue weighted by Crippen LogP contribution is -2.38. The fourth-order valence-corrected chi connectivity index (χ4v) is 2.39. The third-order valence-corrected chi connectivity index (χ3v) is 3.44. The SMILES string of the molecule is CC1CCN(c2ccccc2Cl)CCCN1. The third kappa shape index (κ3) is 2.89. The van der Waals surface area contributed by atoms with Crippen LogP contribution >= 0.6 is 11.6 Å². The van der Waals surface area contributed by atoms with Crippen LogP contribution in [0.4, 0.5) is 5.69 Å². The molecule has 1 aromatic carbocycles. The van der Waals surface area contributed by atoms with Crippen LogP contribution in [0, 0.1) is 0 Å². The van der Waals surface area contributed by atoms with E-state index in [2.05, 4.69) is 29.3 Å². The van der Waals surface area contributed by atoms with Gasteiger partial charge in [0.1, 0.15) is 0 Å². The van der Waals surface area contributed by atoms with E-state index in [1.54, 1.807) is 0 Å². The molecule has 0 radical (unpaired) electrons. The van der Waals surface area contributed by atoms with Gasteiger partial charge >= 0.3 is 0 Å². The molecule has 0 amide bonds. The van der Waals surface area contributed by atoms with Crippen LogP contribution in [0.2, 0.25) is 5.02 Å². The van der Waals surface area contributed by atoms with Gasteiger partial charge in [-0.3, -0.25) is 0 Å². The highest BCUT2D eigenvalue weighted by Crippen LogP contribution is 2.25. The number of nitrogens with zero attached hydrogens (tertiary/aromatic N) is 1. The van der Waals surface area contributed by atoms with Gasteiger partial charge in [0, 0.05) is 19.1 Å². The lowest BCUT2D eigenvalue weighted by Gasteiger charge is -2.30. The van der Waals surface area contributed by atoms with E-state index in [1.165, 1.54) is 18.5 Å². The van der Waals surface area contributed by atoms with Gasteiger partial charge in [-0.2, -0.15) is 0 Å².